The minimum Gasteiger partial charge on any atom is -0.301 e. The minimum absolute atomic E-state index is 0. The van der Waals surface area contributed by atoms with Crippen LogP contribution in [-0.4, -0.2) is 0 Å². The molecule has 0 heterocycles. The summed E-state index contributed by atoms with van der Waals surface area (Å²) >= 11 is 0. The number of hydrogen-bond donors (Lipinski definition) is 0. The van der Waals surface area contributed by atoms with E-state index in [9.17, 15) is 0 Å². The third kappa shape index (κ3) is 4.51. The van der Waals surface area contributed by atoms with Gasteiger partial charge in [0.25, 0.3) is 0 Å². The van der Waals surface area contributed by atoms with Gasteiger partial charge in [0.15, 0.2) is 0 Å². The number of hydrogen-bond acceptors (Lipinski definition) is 0. The van der Waals surface area contributed by atoms with Crippen molar-refractivity contribution in [3.05, 3.63) is 93.8 Å². The Morgan fingerprint density at radius 2 is 0.862 bits per heavy atom. The van der Waals surface area contributed by atoms with Crippen LogP contribution in [0.2, 0.25) is 0 Å². The fraction of sp³-hybridized carbons (Fsp3) is 0.429. The summed E-state index contributed by atoms with van der Waals surface area (Å²) in [6, 6.07) is 9.87. The standard InChI is InChI=1S/C21H31.C7H7.Zr/c1-12-13(2)17(6)20(9,16(12)5)11-21(10)18(7)14(3)15(4)19(21)8;1-7-5-3-2-4-6-7;/h11H,1-10H3;2-6H,1H2;/q2*-1;+2. The molecule has 0 amide bonds. The third-order valence-corrected chi connectivity index (χ3v) is 7.91. The molecule has 0 fully saturated rings. The molecule has 0 atom stereocenters. The van der Waals surface area contributed by atoms with Crippen molar-refractivity contribution in [1.29, 1.82) is 0 Å². The SMILES string of the molecule is CC1=C(C)C(C)([CH-]C2(C)C(C)=C(C)C(C)=C2C)C(C)=C1C.[CH2-]c1ccccc1.[Zr+2]. The molecule has 29 heavy (non-hydrogen) atoms. The zero-order chi connectivity index (χ0) is 21.4. The first kappa shape index (κ1) is 26.0. The molecule has 0 aliphatic heterocycles. The minimum atomic E-state index is 0. The van der Waals surface area contributed by atoms with Gasteiger partial charge in [0, 0.05) is 0 Å². The fourth-order valence-corrected chi connectivity index (χ4v) is 4.73. The van der Waals surface area contributed by atoms with E-state index < -0.39 is 0 Å². The number of benzene rings is 1. The summed E-state index contributed by atoms with van der Waals surface area (Å²) in [7, 11) is 0. The van der Waals surface area contributed by atoms with E-state index in [1.54, 1.807) is 0 Å². The Morgan fingerprint density at radius 3 is 1.07 bits per heavy atom. The van der Waals surface area contributed by atoms with Crippen LogP contribution in [0.15, 0.2) is 74.9 Å². The van der Waals surface area contributed by atoms with E-state index in [2.05, 4.69) is 82.6 Å². The molecule has 2 aliphatic rings. The van der Waals surface area contributed by atoms with E-state index in [0.717, 1.165) is 5.56 Å². The van der Waals surface area contributed by atoms with Crippen LogP contribution in [0, 0.1) is 24.2 Å². The summed E-state index contributed by atoms with van der Waals surface area (Å²) in [5.74, 6) is 0. The normalized spacial score (nSPS) is 20.1. The predicted molar refractivity (Wildman–Crippen MR) is 125 cm³/mol. The molecule has 0 aromatic heterocycles. The summed E-state index contributed by atoms with van der Waals surface area (Å²) in [5, 5.41) is 0. The van der Waals surface area contributed by atoms with Crippen LogP contribution in [0.4, 0.5) is 0 Å². The van der Waals surface area contributed by atoms with Gasteiger partial charge in [-0.05, 0) is 55.4 Å². The van der Waals surface area contributed by atoms with Crippen molar-refractivity contribution in [3.8, 4) is 0 Å². The van der Waals surface area contributed by atoms with Crippen molar-refractivity contribution in [1.82, 2.24) is 0 Å². The van der Waals surface area contributed by atoms with Crippen LogP contribution in [-0.2, 0) is 26.2 Å². The predicted octanol–water partition coefficient (Wildman–Crippen LogP) is 8.44. The van der Waals surface area contributed by atoms with Gasteiger partial charge in [-0.3, -0.25) is 0 Å². The molecule has 0 saturated carbocycles. The molecule has 0 nitrogen and oxygen atoms in total. The summed E-state index contributed by atoms with van der Waals surface area (Å²) < 4.78 is 0. The van der Waals surface area contributed by atoms with Crippen molar-refractivity contribution in [3.63, 3.8) is 0 Å². The quantitative estimate of drug-likeness (QED) is 0.384. The average Bonchev–Trinajstić information content (AvgIpc) is 2.90. The Bertz CT molecular complexity index is 784. The summed E-state index contributed by atoms with van der Waals surface area (Å²) in [6.07, 6.45) is 2.61. The molecule has 0 saturated heterocycles. The van der Waals surface area contributed by atoms with Crippen molar-refractivity contribution in [2.24, 2.45) is 10.8 Å². The molecule has 154 valence electrons. The summed E-state index contributed by atoms with van der Waals surface area (Å²) in [5.41, 5.74) is 13.2. The second-order valence-corrected chi connectivity index (χ2v) is 9.03. The Balaban J connectivity index is 0.000000445. The molecule has 1 heteroatoms. The maximum Gasteiger partial charge on any atom is 2.00 e. The van der Waals surface area contributed by atoms with Gasteiger partial charge in [0.2, 0.25) is 0 Å². The van der Waals surface area contributed by atoms with Gasteiger partial charge in [-0.2, -0.15) is 24.6 Å². The van der Waals surface area contributed by atoms with E-state index >= 15 is 0 Å². The van der Waals surface area contributed by atoms with Gasteiger partial charge in [-0.15, -0.1) is 23.0 Å². The zero-order valence-corrected chi connectivity index (χ0v) is 22.6. The second-order valence-electron chi connectivity index (χ2n) is 9.03. The van der Waals surface area contributed by atoms with Crippen LogP contribution in [0.1, 0.15) is 74.8 Å². The smallest absolute Gasteiger partial charge is 0.301 e. The topological polar surface area (TPSA) is 0 Å². The first-order valence-electron chi connectivity index (χ1n) is 10.3. The third-order valence-electron chi connectivity index (χ3n) is 7.91. The van der Waals surface area contributed by atoms with Gasteiger partial charge in [0.05, 0.1) is 0 Å². The van der Waals surface area contributed by atoms with E-state index in [0.29, 0.717) is 0 Å². The van der Waals surface area contributed by atoms with Gasteiger partial charge in [-0.25, -0.2) is 0 Å². The first-order chi connectivity index (χ1) is 12.9. The van der Waals surface area contributed by atoms with Gasteiger partial charge >= 0.3 is 26.2 Å². The Kier molecular flexibility index (Phi) is 8.40. The number of allylic oxidation sites excluding steroid dienone is 8. The zero-order valence-electron chi connectivity index (χ0n) is 20.2. The number of rotatable bonds is 2. The van der Waals surface area contributed by atoms with Crippen LogP contribution < -0.4 is 0 Å². The van der Waals surface area contributed by atoms with Crippen LogP contribution in [0.5, 0.6) is 0 Å². The van der Waals surface area contributed by atoms with E-state index in [1.807, 2.05) is 30.3 Å². The Hall–Kier alpha value is -1.07. The van der Waals surface area contributed by atoms with Crippen molar-refractivity contribution in [2.45, 2.75) is 69.2 Å². The van der Waals surface area contributed by atoms with Gasteiger partial charge in [0.1, 0.15) is 0 Å². The maximum absolute atomic E-state index is 3.72. The molecule has 0 bridgehead atoms. The van der Waals surface area contributed by atoms with Crippen LogP contribution in [0.3, 0.4) is 0 Å². The van der Waals surface area contributed by atoms with Crippen molar-refractivity contribution in [2.75, 3.05) is 0 Å². The molecule has 1 aromatic rings. The fourth-order valence-electron chi connectivity index (χ4n) is 4.73. The largest absolute Gasteiger partial charge is 2.00 e. The summed E-state index contributed by atoms with van der Waals surface area (Å²) in [6.45, 7) is 26.8. The van der Waals surface area contributed by atoms with Crippen molar-refractivity contribution >= 4 is 0 Å². The molecular formula is C28H38Zr. The van der Waals surface area contributed by atoms with Crippen LogP contribution in [0.25, 0.3) is 0 Å². The molecule has 0 radical (unpaired) electrons. The maximum atomic E-state index is 3.72. The van der Waals surface area contributed by atoms with E-state index in [4.69, 9.17) is 0 Å². The molecule has 3 rings (SSSR count). The average molecular weight is 466 g/mol. The molecule has 2 aliphatic carbocycles. The summed E-state index contributed by atoms with van der Waals surface area (Å²) in [4.78, 5) is 0. The van der Waals surface area contributed by atoms with Gasteiger partial charge in [-0.1, -0.05) is 64.5 Å². The van der Waals surface area contributed by atoms with E-state index in [-0.39, 0.29) is 37.0 Å². The first-order valence-corrected chi connectivity index (χ1v) is 10.3. The molecule has 0 N–H and O–H groups in total. The molecule has 0 unspecified atom stereocenters. The Morgan fingerprint density at radius 1 is 0.586 bits per heavy atom. The second kappa shape index (κ2) is 9.38. The van der Waals surface area contributed by atoms with E-state index in [1.165, 1.54) is 44.6 Å². The molecular weight excluding hydrogens is 428 g/mol. The van der Waals surface area contributed by atoms with Gasteiger partial charge < -0.3 is 6.42 Å². The monoisotopic (exact) mass is 464 g/mol. The molecule has 0 spiro atoms. The Labute approximate surface area is 199 Å². The molecule has 1 aromatic carbocycles. The van der Waals surface area contributed by atoms with Crippen LogP contribution >= 0.6 is 0 Å². The van der Waals surface area contributed by atoms with Crippen molar-refractivity contribution < 1.29 is 26.2 Å².